The van der Waals surface area contributed by atoms with Crippen LogP contribution in [0.1, 0.15) is 17.2 Å². The van der Waals surface area contributed by atoms with Gasteiger partial charge in [0.1, 0.15) is 0 Å². The van der Waals surface area contributed by atoms with Crippen LogP contribution in [0.25, 0.3) is 0 Å². The molecule has 0 radical (unpaired) electrons. The Morgan fingerprint density at radius 2 is 1.84 bits per heavy atom. The van der Waals surface area contributed by atoms with Crippen LogP contribution in [-0.2, 0) is 10.1 Å². The molecule has 0 aliphatic heterocycles. The molecule has 0 amide bonds. The molecule has 0 fully saturated rings. The first-order valence-corrected chi connectivity index (χ1v) is 7.15. The van der Waals surface area contributed by atoms with Gasteiger partial charge in [-0.05, 0) is 29.8 Å². The Balaban J connectivity index is 2.35. The van der Waals surface area contributed by atoms with Gasteiger partial charge in [0.05, 0.1) is 4.90 Å². The van der Waals surface area contributed by atoms with E-state index in [2.05, 4.69) is 4.98 Å². The summed E-state index contributed by atoms with van der Waals surface area (Å²) >= 11 is 0. The fraction of sp³-hybridized carbons (Fsp3) is 0.154. The monoisotopic (exact) mass is 278 g/mol. The molecule has 0 spiro atoms. The maximum Gasteiger partial charge on any atom is 0.294 e. The van der Waals surface area contributed by atoms with Crippen molar-refractivity contribution in [2.75, 3.05) is 6.54 Å². The minimum Gasteiger partial charge on any atom is -0.329 e. The zero-order chi connectivity index (χ0) is 13.9. The van der Waals surface area contributed by atoms with Crippen molar-refractivity contribution in [1.29, 1.82) is 0 Å². The second-order valence-corrected chi connectivity index (χ2v) is 5.51. The van der Waals surface area contributed by atoms with Gasteiger partial charge in [0.2, 0.25) is 0 Å². The van der Waals surface area contributed by atoms with Crippen molar-refractivity contribution < 1.29 is 13.0 Å². The van der Waals surface area contributed by atoms with Gasteiger partial charge in [-0.1, -0.05) is 18.2 Å². The third kappa shape index (κ3) is 3.17. The molecule has 3 N–H and O–H groups in total. The van der Waals surface area contributed by atoms with E-state index in [4.69, 9.17) is 10.3 Å². The van der Waals surface area contributed by atoms with Crippen LogP contribution in [-0.4, -0.2) is 24.5 Å². The highest BCUT2D eigenvalue weighted by molar-refractivity contribution is 7.85. The fourth-order valence-electron chi connectivity index (χ4n) is 1.88. The SMILES string of the molecule is NCC(c1ccc(S(=O)(=O)O)cc1)c1ccccn1. The third-order valence-corrected chi connectivity index (χ3v) is 3.73. The van der Waals surface area contributed by atoms with Crippen molar-refractivity contribution in [1.82, 2.24) is 4.98 Å². The molecular weight excluding hydrogens is 264 g/mol. The second-order valence-electron chi connectivity index (χ2n) is 4.09. The van der Waals surface area contributed by atoms with E-state index in [1.54, 1.807) is 18.3 Å². The first-order valence-electron chi connectivity index (χ1n) is 5.71. The first-order chi connectivity index (χ1) is 9.02. The zero-order valence-corrected chi connectivity index (χ0v) is 10.9. The average molecular weight is 278 g/mol. The Morgan fingerprint density at radius 3 is 2.32 bits per heavy atom. The number of aromatic nitrogens is 1. The number of pyridine rings is 1. The van der Waals surface area contributed by atoms with E-state index in [0.29, 0.717) is 6.54 Å². The van der Waals surface area contributed by atoms with Gasteiger partial charge in [0.15, 0.2) is 0 Å². The quantitative estimate of drug-likeness (QED) is 0.825. The predicted molar refractivity (Wildman–Crippen MR) is 71.4 cm³/mol. The van der Waals surface area contributed by atoms with Crippen LogP contribution in [0, 0.1) is 0 Å². The summed E-state index contributed by atoms with van der Waals surface area (Å²) in [6.07, 6.45) is 1.69. The van der Waals surface area contributed by atoms with Gasteiger partial charge >= 0.3 is 0 Å². The van der Waals surface area contributed by atoms with Crippen LogP contribution in [0.4, 0.5) is 0 Å². The normalized spacial score (nSPS) is 13.2. The molecule has 1 unspecified atom stereocenters. The van der Waals surface area contributed by atoms with E-state index in [9.17, 15) is 8.42 Å². The summed E-state index contributed by atoms with van der Waals surface area (Å²) in [5.41, 5.74) is 7.43. The maximum atomic E-state index is 11.0. The van der Waals surface area contributed by atoms with E-state index < -0.39 is 10.1 Å². The van der Waals surface area contributed by atoms with Gasteiger partial charge in [-0.15, -0.1) is 0 Å². The topological polar surface area (TPSA) is 93.3 Å². The number of benzene rings is 1. The van der Waals surface area contributed by atoms with E-state index in [-0.39, 0.29) is 10.8 Å². The summed E-state index contributed by atoms with van der Waals surface area (Å²) in [5.74, 6) is -0.100. The van der Waals surface area contributed by atoms with Crippen LogP contribution < -0.4 is 5.73 Å². The van der Waals surface area contributed by atoms with Crippen molar-refractivity contribution in [2.45, 2.75) is 10.8 Å². The van der Waals surface area contributed by atoms with Crippen LogP contribution in [0.5, 0.6) is 0 Å². The lowest BCUT2D eigenvalue weighted by atomic mass is 9.95. The molecule has 0 saturated carbocycles. The van der Waals surface area contributed by atoms with E-state index in [0.717, 1.165) is 11.3 Å². The van der Waals surface area contributed by atoms with Gasteiger partial charge < -0.3 is 5.73 Å². The Labute approximate surface area is 111 Å². The molecule has 1 heterocycles. The van der Waals surface area contributed by atoms with Gasteiger partial charge in [0, 0.05) is 24.4 Å². The summed E-state index contributed by atoms with van der Waals surface area (Å²) < 4.78 is 30.9. The maximum absolute atomic E-state index is 11.0. The first kappa shape index (κ1) is 13.7. The number of hydrogen-bond acceptors (Lipinski definition) is 4. The molecule has 0 aliphatic carbocycles. The smallest absolute Gasteiger partial charge is 0.294 e. The Kier molecular flexibility index (Phi) is 3.94. The zero-order valence-electron chi connectivity index (χ0n) is 10.1. The van der Waals surface area contributed by atoms with Crippen LogP contribution in [0.15, 0.2) is 53.6 Å². The second kappa shape index (κ2) is 5.48. The van der Waals surface area contributed by atoms with Crippen molar-refractivity contribution in [3.8, 4) is 0 Å². The van der Waals surface area contributed by atoms with Gasteiger partial charge in [-0.2, -0.15) is 8.42 Å². The Hall–Kier alpha value is -1.76. The van der Waals surface area contributed by atoms with E-state index in [1.807, 2.05) is 18.2 Å². The summed E-state index contributed by atoms with van der Waals surface area (Å²) in [5, 5.41) is 0. The fourth-order valence-corrected chi connectivity index (χ4v) is 2.36. The molecule has 2 rings (SSSR count). The lowest BCUT2D eigenvalue weighted by Gasteiger charge is -2.14. The Bertz CT molecular complexity index is 639. The molecule has 1 aromatic carbocycles. The number of nitrogens with two attached hydrogens (primary N) is 1. The van der Waals surface area contributed by atoms with Gasteiger partial charge in [-0.25, -0.2) is 0 Å². The van der Waals surface area contributed by atoms with Crippen LogP contribution >= 0.6 is 0 Å². The summed E-state index contributed by atoms with van der Waals surface area (Å²) in [6.45, 7) is 0.363. The highest BCUT2D eigenvalue weighted by Gasteiger charge is 2.15. The molecule has 1 aromatic heterocycles. The lowest BCUT2D eigenvalue weighted by Crippen LogP contribution is -2.15. The molecule has 1 atom stereocenters. The van der Waals surface area contributed by atoms with Crippen molar-refractivity contribution in [2.24, 2.45) is 5.73 Å². The van der Waals surface area contributed by atoms with Crippen molar-refractivity contribution in [3.63, 3.8) is 0 Å². The number of nitrogens with zero attached hydrogens (tertiary/aromatic N) is 1. The molecule has 19 heavy (non-hydrogen) atoms. The minimum absolute atomic E-state index is 0.100. The molecule has 6 heteroatoms. The number of hydrogen-bond donors (Lipinski definition) is 2. The van der Waals surface area contributed by atoms with Gasteiger partial charge in [0.25, 0.3) is 10.1 Å². The average Bonchev–Trinajstić information content (AvgIpc) is 2.40. The molecular formula is C13H14N2O3S. The van der Waals surface area contributed by atoms with Crippen LogP contribution in [0.3, 0.4) is 0 Å². The molecule has 0 bridgehead atoms. The molecule has 2 aromatic rings. The van der Waals surface area contributed by atoms with Gasteiger partial charge in [-0.3, -0.25) is 9.54 Å². The Morgan fingerprint density at radius 1 is 1.16 bits per heavy atom. The summed E-state index contributed by atoms with van der Waals surface area (Å²) in [4.78, 5) is 4.12. The largest absolute Gasteiger partial charge is 0.329 e. The predicted octanol–water partition coefficient (Wildman–Crippen LogP) is 1.42. The lowest BCUT2D eigenvalue weighted by molar-refractivity contribution is 0.483. The highest BCUT2D eigenvalue weighted by Crippen LogP contribution is 2.23. The van der Waals surface area contributed by atoms with E-state index >= 15 is 0 Å². The standard InChI is InChI=1S/C13H14N2O3S/c14-9-12(13-3-1-2-8-15-13)10-4-6-11(7-5-10)19(16,17)18/h1-8,12H,9,14H2,(H,16,17,18). The third-order valence-electron chi connectivity index (χ3n) is 2.86. The summed E-state index contributed by atoms with van der Waals surface area (Å²) in [7, 11) is -4.16. The highest BCUT2D eigenvalue weighted by atomic mass is 32.2. The van der Waals surface area contributed by atoms with E-state index in [1.165, 1.54) is 12.1 Å². The molecule has 100 valence electrons. The molecule has 0 aliphatic rings. The molecule has 5 nitrogen and oxygen atoms in total. The minimum atomic E-state index is -4.16. The van der Waals surface area contributed by atoms with Crippen LogP contribution in [0.2, 0.25) is 0 Å². The molecule has 0 saturated heterocycles. The van der Waals surface area contributed by atoms with Crippen molar-refractivity contribution in [3.05, 3.63) is 59.9 Å². The summed E-state index contributed by atoms with van der Waals surface area (Å²) in [6, 6.07) is 11.5. The van der Waals surface area contributed by atoms with Crippen molar-refractivity contribution >= 4 is 10.1 Å². The number of rotatable bonds is 4.